The van der Waals surface area contributed by atoms with Gasteiger partial charge in [0.05, 0.1) is 0 Å². The zero-order valence-electron chi connectivity index (χ0n) is 12.9. The Morgan fingerprint density at radius 1 is 1.10 bits per heavy atom. The van der Waals surface area contributed by atoms with Gasteiger partial charge in [0.1, 0.15) is 0 Å². The van der Waals surface area contributed by atoms with Gasteiger partial charge in [0.2, 0.25) is 0 Å². The standard InChI is InChI=1S/C18H28N2/c1-3-4-5-6-9-12-20-14-16(13-15(2)19)17-10-7-8-11-18(17)20/h7-8,10-11,14-15H,3-6,9,12-13,19H2,1-2H3. The molecule has 2 nitrogen and oxygen atoms in total. The van der Waals surface area contributed by atoms with Gasteiger partial charge in [0, 0.05) is 29.7 Å². The number of hydrogen-bond donors (Lipinski definition) is 1. The third kappa shape index (κ3) is 3.86. The van der Waals surface area contributed by atoms with Crippen LogP contribution in [0.1, 0.15) is 51.5 Å². The molecule has 1 atom stereocenters. The molecule has 0 saturated carbocycles. The van der Waals surface area contributed by atoms with Crippen molar-refractivity contribution < 1.29 is 0 Å². The first kappa shape index (κ1) is 15.1. The van der Waals surface area contributed by atoms with E-state index in [1.54, 1.807) is 0 Å². The number of nitrogens with zero attached hydrogens (tertiary/aromatic N) is 1. The van der Waals surface area contributed by atoms with Gasteiger partial charge in [-0.25, -0.2) is 0 Å². The van der Waals surface area contributed by atoms with Gasteiger partial charge < -0.3 is 10.3 Å². The highest BCUT2D eigenvalue weighted by Gasteiger charge is 2.09. The minimum atomic E-state index is 0.221. The quantitative estimate of drug-likeness (QED) is 0.705. The summed E-state index contributed by atoms with van der Waals surface area (Å²) in [4.78, 5) is 0. The van der Waals surface area contributed by atoms with Crippen LogP contribution in [0.25, 0.3) is 10.9 Å². The van der Waals surface area contributed by atoms with E-state index in [0.29, 0.717) is 0 Å². The lowest BCUT2D eigenvalue weighted by Gasteiger charge is -2.05. The second kappa shape index (κ2) is 7.49. The molecule has 0 saturated heterocycles. The molecule has 0 fully saturated rings. The molecule has 0 radical (unpaired) electrons. The Hall–Kier alpha value is -1.28. The molecule has 0 aliphatic heterocycles. The third-order valence-corrected chi connectivity index (χ3v) is 3.92. The largest absolute Gasteiger partial charge is 0.347 e. The van der Waals surface area contributed by atoms with E-state index in [1.165, 1.54) is 48.6 Å². The Morgan fingerprint density at radius 3 is 2.60 bits per heavy atom. The maximum atomic E-state index is 5.97. The number of aromatic nitrogens is 1. The summed E-state index contributed by atoms with van der Waals surface area (Å²) in [5, 5.41) is 1.37. The fourth-order valence-electron chi connectivity index (χ4n) is 2.90. The summed E-state index contributed by atoms with van der Waals surface area (Å²) >= 11 is 0. The van der Waals surface area contributed by atoms with Crippen molar-refractivity contribution in [1.82, 2.24) is 4.57 Å². The van der Waals surface area contributed by atoms with Gasteiger partial charge in [-0.1, -0.05) is 50.8 Å². The van der Waals surface area contributed by atoms with Crippen LogP contribution in [0.3, 0.4) is 0 Å². The number of benzene rings is 1. The number of hydrogen-bond acceptors (Lipinski definition) is 1. The monoisotopic (exact) mass is 272 g/mol. The molecular weight excluding hydrogens is 244 g/mol. The third-order valence-electron chi connectivity index (χ3n) is 3.92. The first-order chi connectivity index (χ1) is 9.72. The van der Waals surface area contributed by atoms with E-state index in [2.05, 4.69) is 48.9 Å². The number of nitrogens with two attached hydrogens (primary N) is 1. The summed E-state index contributed by atoms with van der Waals surface area (Å²) in [6.45, 7) is 5.47. The van der Waals surface area contributed by atoms with E-state index < -0.39 is 0 Å². The molecule has 0 aliphatic carbocycles. The highest BCUT2D eigenvalue weighted by atomic mass is 15.0. The van der Waals surface area contributed by atoms with Crippen molar-refractivity contribution in [3.05, 3.63) is 36.0 Å². The van der Waals surface area contributed by atoms with E-state index in [-0.39, 0.29) is 6.04 Å². The fraction of sp³-hybridized carbons (Fsp3) is 0.556. The van der Waals surface area contributed by atoms with E-state index in [4.69, 9.17) is 5.73 Å². The molecule has 2 rings (SSSR count). The van der Waals surface area contributed by atoms with Crippen LogP contribution >= 0.6 is 0 Å². The van der Waals surface area contributed by atoms with E-state index in [1.807, 2.05) is 0 Å². The SMILES string of the molecule is CCCCCCCn1cc(CC(C)N)c2ccccc21. The van der Waals surface area contributed by atoms with Gasteiger partial charge in [0.15, 0.2) is 0 Å². The highest BCUT2D eigenvalue weighted by Crippen LogP contribution is 2.23. The van der Waals surface area contributed by atoms with Gasteiger partial charge in [-0.3, -0.25) is 0 Å². The van der Waals surface area contributed by atoms with E-state index in [0.717, 1.165) is 13.0 Å². The van der Waals surface area contributed by atoms with Crippen LogP contribution in [0.15, 0.2) is 30.5 Å². The molecule has 110 valence electrons. The molecule has 1 unspecified atom stereocenters. The molecule has 1 aromatic heterocycles. The number of rotatable bonds is 8. The Bertz CT molecular complexity index is 525. The first-order valence-electron chi connectivity index (χ1n) is 8.04. The van der Waals surface area contributed by atoms with Crippen molar-refractivity contribution >= 4 is 10.9 Å². The molecule has 0 aliphatic rings. The minimum absolute atomic E-state index is 0.221. The van der Waals surface area contributed by atoms with Crippen LogP contribution in [0.4, 0.5) is 0 Å². The highest BCUT2D eigenvalue weighted by molar-refractivity contribution is 5.84. The average Bonchev–Trinajstić information content (AvgIpc) is 2.77. The maximum absolute atomic E-state index is 5.97. The van der Waals surface area contributed by atoms with Gasteiger partial charge in [-0.05, 0) is 31.4 Å². The molecule has 1 aromatic carbocycles. The molecule has 1 heterocycles. The Balaban J connectivity index is 2.08. The molecule has 20 heavy (non-hydrogen) atoms. The average molecular weight is 272 g/mol. The summed E-state index contributed by atoms with van der Waals surface area (Å²) in [5.74, 6) is 0. The van der Waals surface area contributed by atoms with E-state index in [9.17, 15) is 0 Å². The van der Waals surface area contributed by atoms with Crippen LogP contribution in [0, 0.1) is 0 Å². The lowest BCUT2D eigenvalue weighted by Crippen LogP contribution is -2.17. The molecule has 0 bridgehead atoms. The molecule has 0 spiro atoms. The summed E-state index contributed by atoms with van der Waals surface area (Å²) in [5.41, 5.74) is 8.72. The predicted octanol–water partition coefficient (Wildman–Crippen LogP) is 4.50. The van der Waals surface area contributed by atoms with Crippen molar-refractivity contribution in [2.75, 3.05) is 0 Å². The number of para-hydroxylation sites is 1. The lowest BCUT2D eigenvalue weighted by molar-refractivity contribution is 0.576. The van der Waals surface area contributed by atoms with Gasteiger partial charge in [0.25, 0.3) is 0 Å². The summed E-state index contributed by atoms with van der Waals surface area (Å²) < 4.78 is 2.42. The van der Waals surface area contributed by atoms with Crippen molar-refractivity contribution in [3.63, 3.8) is 0 Å². The Kier molecular flexibility index (Phi) is 5.66. The molecule has 2 heteroatoms. The Labute approximate surface area is 123 Å². The number of unbranched alkanes of at least 4 members (excludes halogenated alkanes) is 4. The zero-order valence-corrected chi connectivity index (χ0v) is 12.9. The zero-order chi connectivity index (χ0) is 14.4. The smallest absolute Gasteiger partial charge is 0.0483 e. The number of aryl methyl sites for hydroxylation is 1. The van der Waals surface area contributed by atoms with Crippen molar-refractivity contribution in [1.29, 1.82) is 0 Å². The van der Waals surface area contributed by atoms with Crippen LogP contribution in [0.2, 0.25) is 0 Å². The van der Waals surface area contributed by atoms with Crippen LogP contribution in [0.5, 0.6) is 0 Å². The predicted molar refractivity (Wildman–Crippen MR) is 88.1 cm³/mol. The molecule has 0 amide bonds. The van der Waals surface area contributed by atoms with Crippen molar-refractivity contribution in [2.45, 2.75) is 65.0 Å². The van der Waals surface area contributed by atoms with Gasteiger partial charge in [-0.15, -0.1) is 0 Å². The normalized spacial score (nSPS) is 12.9. The topological polar surface area (TPSA) is 30.9 Å². The van der Waals surface area contributed by atoms with Crippen LogP contribution in [-0.2, 0) is 13.0 Å². The van der Waals surface area contributed by atoms with E-state index >= 15 is 0 Å². The Morgan fingerprint density at radius 2 is 1.85 bits per heavy atom. The second-order valence-corrected chi connectivity index (χ2v) is 5.96. The minimum Gasteiger partial charge on any atom is -0.347 e. The molecular formula is C18H28N2. The number of fused-ring (bicyclic) bond motifs is 1. The maximum Gasteiger partial charge on any atom is 0.0483 e. The second-order valence-electron chi connectivity index (χ2n) is 5.96. The first-order valence-corrected chi connectivity index (χ1v) is 8.04. The van der Waals surface area contributed by atoms with Gasteiger partial charge >= 0.3 is 0 Å². The summed E-state index contributed by atoms with van der Waals surface area (Å²) in [6.07, 6.45) is 9.92. The lowest BCUT2D eigenvalue weighted by atomic mass is 10.1. The van der Waals surface area contributed by atoms with Gasteiger partial charge in [-0.2, -0.15) is 0 Å². The van der Waals surface area contributed by atoms with Crippen LogP contribution in [-0.4, -0.2) is 10.6 Å². The van der Waals surface area contributed by atoms with Crippen LogP contribution < -0.4 is 5.73 Å². The van der Waals surface area contributed by atoms with Crippen molar-refractivity contribution in [3.8, 4) is 0 Å². The summed E-state index contributed by atoms with van der Waals surface area (Å²) in [6, 6.07) is 8.93. The summed E-state index contributed by atoms with van der Waals surface area (Å²) in [7, 11) is 0. The fourth-order valence-corrected chi connectivity index (χ4v) is 2.90. The van der Waals surface area contributed by atoms with Crippen molar-refractivity contribution in [2.24, 2.45) is 5.73 Å². The molecule has 2 N–H and O–H groups in total. The molecule has 2 aromatic rings.